The molecular formula is C19H30N2. The minimum absolute atomic E-state index is 0.612. The van der Waals surface area contributed by atoms with Crippen LogP contribution in [0.15, 0.2) is 30.3 Å². The Bertz CT molecular complexity index is 442. The van der Waals surface area contributed by atoms with Crippen molar-refractivity contribution in [2.75, 3.05) is 13.1 Å². The summed E-state index contributed by atoms with van der Waals surface area (Å²) in [5.41, 5.74) is 1.46. The van der Waals surface area contributed by atoms with Crippen molar-refractivity contribution < 1.29 is 0 Å². The molecule has 2 heteroatoms. The van der Waals surface area contributed by atoms with Gasteiger partial charge in [0, 0.05) is 31.2 Å². The Hall–Kier alpha value is -0.860. The van der Waals surface area contributed by atoms with Gasteiger partial charge in [0.15, 0.2) is 0 Å². The average Bonchev–Trinajstić information content (AvgIpc) is 3.27. The van der Waals surface area contributed by atoms with Crippen molar-refractivity contribution in [3.63, 3.8) is 0 Å². The van der Waals surface area contributed by atoms with Crippen molar-refractivity contribution in [2.45, 2.75) is 58.2 Å². The Morgan fingerprint density at radius 2 is 2.00 bits per heavy atom. The summed E-state index contributed by atoms with van der Waals surface area (Å²) in [6.07, 6.45) is 3.94. The largest absolute Gasteiger partial charge is 0.311 e. The number of rotatable bonds is 5. The maximum Gasteiger partial charge on any atom is 0.0247 e. The zero-order valence-electron chi connectivity index (χ0n) is 13.8. The topological polar surface area (TPSA) is 15.3 Å². The van der Waals surface area contributed by atoms with Gasteiger partial charge in [-0.2, -0.15) is 0 Å². The van der Waals surface area contributed by atoms with Gasteiger partial charge in [0.05, 0.1) is 0 Å². The van der Waals surface area contributed by atoms with Gasteiger partial charge in [-0.15, -0.1) is 0 Å². The van der Waals surface area contributed by atoms with E-state index in [0.717, 1.165) is 36.9 Å². The summed E-state index contributed by atoms with van der Waals surface area (Å²) < 4.78 is 0. The molecule has 0 radical (unpaired) electrons. The van der Waals surface area contributed by atoms with E-state index in [9.17, 15) is 0 Å². The zero-order chi connectivity index (χ0) is 14.8. The summed E-state index contributed by atoms with van der Waals surface area (Å²) >= 11 is 0. The molecule has 116 valence electrons. The Balaban J connectivity index is 1.64. The van der Waals surface area contributed by atoms with E-state index in [1.54, 1.807) is 0 Å². The van der Waals surface area contributed by atoms with E-state index in [1.165, 1.54) is 24.9 Å². The van der Waals surface area contributed by atoms with Crippen molar-refractivity contribution in [3.8, 4) is 0 Å². The molecule has 1 saturated carbocycles. The lowest BCUT2D eigenvalue weighted by atomic mass is 9.95. The first-order valence-corrected chi connectivity index (χ1v) is 8.72. The summed E-state index contributed by atoms with van der Waals surface area (Å²) in [5, 5.41) is 3.80. The molecule has 1 aliphatic heterocycles. The highest BCUT2D eigenvalue weighted by Gasteiger charge is 2.45. The van der Waals surface area contributed by atoms with Gasteiger partial charge in [-0.1, -0.05) is 57.5 Å². The first-order chi connectivity index (χ1) is 10.2. The lowest BCUT2D eigenvalue weighted by Crippen LogP contribution is -2.59. The van der Waals surface area contributed by atoms with Crippen LogP contribution in [-0.4, -0.2) is 36.1 Å². The molecule has 2 nitrogen and oxygen atoms in total. The highest BCUT2D eigenvalue weighted by Crippen LogP contribution is 2.41. The van der Waals surface area contributed by atoms with E-state index < -0.39 is 0 Å². The van der Waals surface area contributed by atoms with Crippen molar-refractivity contribution in [3.05, 3.63) is 35.9 Å². The Labute approximate surface area is 129 Å². The first-order valence-electron chi connectivity index (χ1n) is 8.72. The molecular weight excluding hydrogens is 256 g/mol. The fourth-order valence-electron chi connectivity index (χ4n) is 3.97. The molecule has 0 amide bonds. The van der Waals surface area contributed by atoms with Gasteiger partial charge in [-0.05, 0) is 30.2 Å². The molecule has 21 heavy (non-hydrogen) atoms. The fourth-order valence-corrected chi connectivity index (χ4v) is 3.97. The molecule has 1 saturated heterocycles. The normalized spacial score (nSPS) is 33.3. The summed E-state index contributed by atoms with van der Waals surface area (Å²) in [6, 6.07) is 13.1. The number of benzene rings is 1. The highest BCUT2D eigenvalue weighted by atomic mass is 15.3. The maximum absolute atomic E-state index is 3.80. The third kappa shape index (κ3) is 3.49. The second kappa shape index (κ2) is 6.50. The predicted octanol–water partition coefficient (Wildman–Crippen LogP) is 3.33. The lowest BCUT2D eigenvalue weighted by Gasteiger charge is -2.43. The molecule has 0 spiro atoms. The third-order valence-electron chi connectivity index (χ3n) is 5.40. The Kier molecular flexibility index (Phi) is 4.66. The second-order valence-electron chi connectivity index (χ2n) is 7.27. The average molecular weight is 286 g/mol. The van der Waals surface area contributed by atoms with Gasteiger partial charge in [-0.25, -0.2) is 0 Å². The van der Waals surface area contributed by atoms with Crippen LogP contribution in [0.2, 0.25) is 0 Å². The molecule has 1 aromatic carbocycles. The number of piperazine rings is 1. The zero-order valence-corrected chi connectivity index (χ0v) is 13.8. The Morgan fingerprint density at radius 1 is 1.24 bits per heavy atom. The standard InChI is InChI=1S/C19H30N2/c1-4-16-11-18(16)21-13-17(20-12-19(21)14(2)3)10-15-8-6-5-7-9-15/h5-9,14,16-20H,4,10-13H2,1-3H3. The second-order valence-corrected chi connectivity index (χ2v) is 7.27. The molecule has 4 unspecified atom stereocenters. The number of hydrogen-bond acceptors (Lipinski definition) is 2. The van der Waals surface area contributed by atoms with Gasteiger partial charge in [0.1, 0.15) is 0 Å². The minimum Gasteiger partial charge on any atom is -0.311 e. The summed E-state index contributed by atoms with van der Waals surface area (Å²) in [4.78, 5) is 2.84. The minimum atomic E-state index is 0.612. The van der Waals surface area contributed by atoms with E-state index in [-0.39, 0.29) is 0 Å². The molecule has 2 fully saturated rings. The summed E-state index contributed by atoms with van der Waals surface area (Å²) in [5.74, 6) is 1.70. The van der Waals surface area contributed by atoms with Gasteiger partial charge in [0.2, 0.25) is 0 Å². The quantitative estimate of drug-likeness (QED) is 0.893. The number of nitrogens with zero attached hydrogens (tertiary/aromatic N) is 1. The van der Waals surface area contributed by atoms with E-state index in [1.807, 2.05) is 0 Å². The monoisotopic (exact) mass is 286 g/mol. The van der Waals surface area contributed by atoms with E-state index in [2.05, 4.69) is 61.3 Å². The van der Waals surface area contributed by atoms with Gasteiger partial charge >= 0.3 is 0 Å². The molecule has 1 aliphatic carbocycles. The number of nitrogens with one attached hydrogen (secondary N) is 1. The fraction of sp³-hybridized carbons (Fsp3) is 0.684. The van der Waals surface area contributed by atoms with Crippen molar-refractivity contribution in [2.24, 2.45) is 11.8 Å². The van der Waals surface area contributed by atoms with Crippen molar-refractivity contribution in [1.29, 1.82) is 0 Å². The summed E-state index contributed by atoms with van der Waals surface area (Å²) in [6.45, 7) is 9.47. The molecule has 4 atom stereocenters. The molecule has 3 rings (SSSR count). The highest BCUT2D eigenvalue weighted by molar-refractivity contribution is 5.16. The van der Waals surface area contributed by atoms with Gasteiger partial charge in [-0.3, -0.25) is 4.90 Å². The van der Waals surface area contributed by atoms with Gasteiger partial charge < -0.3 is 5.32 Å². The van der Waals surface area contributed by atoms with Crippen LogP contribution in [-0.2, 0) is 6.42 Å². The molecule has 1 aromatic rings. The van der Waals surface area contributed by atoms with E-state index in [4.69, 9.17) is 0 Å². The van der Waals surface area contributed by atoms with Crippen LogP contribution in [0.25, 0.3) is 0 Å². The van der Waals surface area contributed by atoms with Crippen LogP contribution in [0, 0.1) is 11.8 Å². The molecule has 1 N–H and O–H groups in total. The molecule has 0 aromatic heterocycles. The van der Waals surface area contributed by atoms with E-state index >= 15 is 0 Å². The van der Waals surface area contributed by atoms with Crippen LogP contribution in [0.3, 0.4) is 0 Å². The van der Waals surface area contributed by atoms with Crippen molar-refractivity contribution in [1.82, 2.24) is 10.2 Å². The first kappa shape index (κ1) is 15.1. The van der Waals surface area contributed by atoms with Crippen LogP contribution >= 0.6 is 0 Å². The smallest absolute Gasteiger partial charge is 0.0247 e. The van der Waals surface area contributed by atoms with Gasteiger partial charge in [0.25, 0.3) is 0 Å². The molecule has 1 heterocycles. The van der Waals surface area contributed by atoms with E-state index in [0.29, 0.717) is 6.04 Å². The predicted molar refractivity (Wildman–Crippen MR) is 89.5 cm³/mol. The third-order valence-corrected chi connectivity index (χ3v) is 5.40. The Morgan fingerprint density at radius 3 is 2.62 bits per heavy atom. The van der Waals surface area contributed by atoms with Crippen LogP contribution in [0.5, 0.6) is 0 Å². The SMILES string of the molecule is CCC1CC1N1CC(Cc2ccccc2)NCC1C(C)C. The van der Waals surface area contributed by atoms with Crippen LogP contribution in [0.1, 0.15) is 39.2 Å². The summed E-state index contributed by atoms with van der Waals surface area (Å²) in [7, 11) is 0. The van der Waals surface area contributed by atoms with Crippen LogP contribution in [0.4, 0.5) is 0 Å². The van der Waals surface area contributed by atoms with Crippen molar-refractivity contribution >= 4 is 0 Å². The molecule has 0 bridgehead atoms. The molecule has 2 aliphatic rings. The maximum atomic E-state index is 3.80. The number of hydrogen-bond donors (Lipinski definition) is 1. The van der Waals surface area contributed by atoms with Crippen LogP contribution < -0.4 is 5.32 Å². The lowest BCUT2D eigenvalue weighted by molar-refractivity contribution is 0.0850.